The minimum absolute atomic E-state index is 0.160. The Labute approximate surface area is 508 Å². The largest absolute Gasteiger partial charge is 0.456 e. The molecule has 438 valence electrons. The zero-order chi connectivity index (χ0) is 61.7. The van der Waals surface area contributed by atoms with Crippen LogP contribution in [0.15, 0.2) is 241 Å². The molecule has 0 aliphatic heterocycles. The minimum atomic E-state index is 0.160. The number of fused-ring (bicyclic) bond motifs is 9. The Morgan fingerprint density at radius 1 is 0.277 bits per heavy atom. The zero-order valence-electron chi connectivity index (χ0n) is 54.8. The topological polar surface area (TPSA) is 13.1 Å². The first kappa shape index (κ1) is 68.5. The number of benzene rings is 9. The first-order valence-corrected chi connectivity index (χ1v) is 30.6. The van der Waals surface area contributed by atoms with Crippen LogP contribution in [0.4, 0.5) is 0 Å². The normalized spacial score (nSPS) is 12.0. The highest BCUT2D eigenvalue weighted by molar-refractivity contribution is 7.25. The monoisotopic (exact) mass is 1120 g/mol. The first-order valence-electron chi connectivity index (χ1n) is 29.8. The molecule has 2 heterocycles. The number of hydrogen-bond acceptors (Lipinski definition) is 2. The Bertz CT molecular complexity index is 3210. The second kappa shape index (κ2) is 31.1. The van der Waals surface area contributed by atoms with Crippen molar-refractivity contribution < 1.29 is 4.42 Å². The van der Waals surface area contributed by atoms with Crippen molar-refractivity contribution in [1.82, 2.24) is 0 Å². The summed E-state index contributed by atoms with van der Waals surface area (Å²) in [5.74, 6) is 0. The van der Waals surface area contributed by atoms with Gasteiger partial charge in [-0.05, 0) is 90.3 Å². The molecule has 1 aliphatic rings. The molecule has 2 aromatic heterocycles. The van der Waals surface area contributed by atoms with Crippen LogP contribution in [-0.2, 0) is 10.8 Å². The highest BCUT2D eigenvalue weighted by atomic mass is 32.1. The van der Waals surface area contributed by atoms with Crippen LogP contribution >= 0.6 is 11.3 Å². The molecule has 0 bridgehead atoms. The van der Waals surface area contributed by atoms with Gasteiger partial charge in [0.2, 0.25) is 0 Å². The Balaban J connectivity index is 0.000000207. The van der Waals surface area contributed by atoms with Crippen molar-refractivity contribution in [3.63, 3.8) is 0 Å². The van der Waals surface area contributed by atoms with Gasteiger partial charge in [0.15, 0.2) is 0 Å². The van der Waals surface area contributed by atoms with E-state index >= 15 is 0 Å². The quantitative estimate of drug-likeness (QED) is 0.160. The summed E-state index contributed by atoms with van der Waals surface area (Å²) in [5, 5.41) is 5.14. The number of rotatable bonds is 1. The van der Waals surface area contributed by atoms with E-state index in [1.54, 1.807) is 0 Å². The van der Waals surface area contributed by atoms with Crippen molar-refractivity contribution in [2.24, 2.45) is 21.7 Å². The van der Waals surface area contributed by atoms with E-state index in [0.717, 1.165) is 11.2 Å². The van der Waals surface area contributed by atoms with E-state index in [2.05, 4.69) is 333 Å². The third-order valence-corrected chi connectivity index (χ3v) is 12.7. The summed E-state index contributed by atoms with van der Waals surface area (Å²) >= 11 is 1.86. The molecule has 0 spiro atoms. The minimum Gasteiger partial charge on any atom is -0.456 e. The molecule has 0 unspecified atom stereocenters. The Hall–Kier alpha value is -7.00. The van der Waals surface area contributed by atoms with Crippen molar-refractivity contribution in [3.05, 3.63) is 253 Å². The summed E-state index contributed by atoms with van der Waals surface area (Å²) in [6, 6.07) is 82.1. The molecule has 1 nitrogen and oxygen atoms in total. The molecule has 9 aromatic carbocycles. The van der Waals surface area contributed by atoms with Gasteiger partial charge in [0, 0.05) is 36.4 Å². The summed E-state index contributed by atoms with van der Waals surface area (Å²) in [7, 11) is 0. The average molecular weight is 1120 g/mol. The van der Waals surface area contributed by atoms with Crippen molar-refractivity contribution in [1.29, 1.82) is 0 Å². The number of para-hydroxylation sites is 2. The van der Waals surface area contributed by atoms with Crippen LogP contribution in [0.1, 0.15) is 162 Å². The van der Waals surface area contributed by atoms with E-state index < -0.39 is 0 Å². The van der Waals surface area contributed by atoms with E-state index in [0.29, 0.717) is 27.1 Å². The van der Waals surface area contributed by atoms with Gasteiger partial charge in [0.1, 0.15) is 11.2 Å². The molecular formula is C81H102OS. The van der Waals surface area contributed by atoms with Crippen molar-refractivity contribution in [3.8, 4) is 22.3 Å². The van der Waals surface area contributed by atoms with Gasteiger partial charge in [-0.1, -0.05) is 358 Å². The molecule has 0 radical (unpaired) electrons. The molecule has 0 atom stereocenters. The molecule has 0 saturated carbocycles. The van der Waals surface area contributed by atoms with Gasteiger partial charge in [0.05, 0.1) is 0 Å². The Morgan fingerprint density at radius 2 is 0.530 bits per heavy atom. The molecule has 2 heteroatoms. The van der Waals surface area contributed by atoms with Crippen LogP contribution in [0.25, 0.3) is 64.4 Å². The molecule has 0 N–H and O–H groups in total. The van der Waals surface area contributed by atoms with Gasteiger partial charge in [-0.15, -0.1) is 11.3 Å². The summed E-state index contributed by atoms with van der Waals surface area (Å²) < 4.78 is 8.41. The Morgan fingerprint density at radius 3 is 0.843 bits per heavy atom. The maximum Gasteiger partial charge on any atom is 0.135 e. The van der Waals surface area contributed by atoms with Crippen molar-refractivity contribution in [2.75, 3.05) is 0 Å². The third-order valence-electron chi connectivity index (χ3n) is 11.6. The molecule has 0 amide bonds. The van der Waals surface area contributed by atoms with Gasteiger partial charge in [-0.25, -0.2) is 0 Å². The van der Waals surface area contributed by atoms with Crippen molar-refractivity contribution in [2.45, 2.75) is 156 Å². The lowest BCUT2D eigenvalue weighted by Gasteiger charge is -2.20. The predicted octanol–water partition coefficient (Wildman–Crippen LogP) is 26.2. The van der Waals surface area contributed by atoms with Gasteiger partial charge < -0.3 is 4.42 Å². The van der Waals surface area contributed by atoms with Gasteiger partial charge in [-0.3, -0.25) is 0 Å². The molecule has 12 rings (SSSR count). The summed E-state index contributed by atoms with van der Waals surface area (Å²) in [6.45, 7) is 46.3. The summed E-state index contributed by atoms with van der Waals surface area (Å²) in [6.07, 6.45) is 0. The van der Waals surface area contributed by atoms with E-state index in [1.807, 2.05) is 59.9 Å². The SMILES string of the molecule is CC(C)(C)C.CC(C)(C)C.CC(C)(C)C.CC(C)(C)C.CC(C)(C)c1ccccc1.CC1(C)c2ccccc2-c2ccccc21.c1ccc(-c2ccccc2)cc1.c1ccc2c(c1)oc1ccccc12.c1ccc2c(c1)sc1ccccc12. The van der Waals surface area contributed by atoms with Crippen LogP contribution in [-0.4, -0.2) is 0 Å². The van der Waals surface area contributed by atoms with E-state index in [9.17, 15) is 0 Å². The fraction of sp³-hybridized carbons (Fsp3) is 0.333. The zero-order valence-corrected chi connectivity index (χ0v) is 55.6. The number of furan rings is 1. The predicted molar refractivity (Wildman–Crippen MR) is 375 cm³/mol. The number of thiophene rings is 1. The van der Waals surface area contributed by atoms with Crippen LogP contribution in [0, 0.1) is 21.7 Å². The lowest BCUT2D eigenvalue weighted by molar-refractivity contribution is 0.469. The highest BCUT2D eigenvalue weighted by Crippen LogP contribution is 2.48. The molecule has 83 heavy (non-hydrogen) atoms. The molecule has 0 fully saturated rings. The standard InChI is InChI=1S/C15H14.C12H8O.C12H8S.C12H10.C10H14.4C5H12/c1-15(2)13-9-5-3-7-11(13)12-8-4-6-10-14(12)15;2*1-3-7-11-9(5-1)10-6-2-4-8-12(10)13-11;1-3-7-11(8-4-1)12-9-5-2-6-10-12;1-10(2,3)9-7-5-4-6-8-9;4*1-5(2,3)4/h3-10H,1-2H3;2*1-8H;1-10H;4-8H,1-3H3;4*1-4H3. The average Bonchev–Trinajstić information content (AvgIpc) is 3.60. The molecule has 0 saturated heterocycles. The van der Waals surface area contributed by atoms with Crippen LogP contribution in [0.2, 0.25) is 0 Å². The Kier molecular flexibility index (Phi) is 25.6. The van der Waals surface area contributed by atoms with Gasteiger partial charge >= 0.3 is 0 Å². The highest BCUT2D eigenvalue weighted by Gasteiger charge is 2.34. The number of hydrogen-bond donors (Lipinski definition) is 0. The molecular weight excluding hydrogens is 1020 g/mol. The smallest absolute Gasteiger partial charge is 0.135 e. The second-order valence-corrected chi connectivity index (χ2v) is 30.3. The van der Waals surface area contributed by atoms with Gasteiger partial charge in [-0.2, -0.15) is 0 Å². The van der Waals surface area contributed by atoms with Gasteiger partial charge in [0.25, 0.3) is 0 Å². The fourth-order valence-corrected chi connectivity index (χ4v) is 9.33. The lowest BCUT2D eigenvalue weighted by Crippen LogP contribution is -2.14. The van der Waals surface area contributed by atoms with Crippen LogP contribution in [0.5, 0.6) is 0 Å². The van der Waals surface area contributed by atoms with E-state index in [1.165, 1.54) is 69.9 Å². The summed E-state index contributed by atoms with van der Waals surface area (Å²) in [5.41, 5.74) is 14.0. The molecule has 11 aromatic rings. The first-order chi connectivity index (χ1) is 38.7. The molecule has 1 aliphatic carbocycles. The lowest BCUT2D eigenvalue weighted by atomic mass is 9.82. The third kappa shape index (κ3) is 25.6. The maximum atomic E-state index is 5.65. The van der Waals surface area contributed by atoms with E-state index in [-0.39, 0.29) is 5.41 Å². The fourth-order valence-electron chi connectivity index (χ4n) is 8.22. The van der Waals surface area contributed by atoms with Crippen molar-refractivity contribution >= 4 is 53.4 Å². The van der Waals surface area contributed by atoms with Crippen LogP contribution in [0.3, 0.4) is 0 Å². The van der Waals surface area contributed by atoms with E-state index in [4.69, 9.17) is 4.42 Å². The maximum absolute atomic E-state index is 5.65. The summed E-state index contributed by atoms with van der Waals surface area (Å²) in [4.78, 5) is 0. The second-order valence-electron chi connectivity index (χ2n) is 29.3. The van der Waals surface area contributed by atoms with Crippen LogP contribution < -0.4 is 0 Å².